The second-order valence-electron chi connectivity index (χ2n) is 5.28. The fraction of sp³-hybridized carbons (Fsp3) is 0.588. The van der Waals surface area contributed by atoms with E-state index in [9.17, 15) is 4.79 Å². The van der Waals surface area contributed by atoms with Gasteiger partial charge in [-0.25, -0.2) is 4.79 Å². The number of nitrogens with zero attached hydrogens (tertiary/aromatic N) is 1. The Morgan fingerprint density at radius 1 is 1.14 bits per heavy atom. The van der Waals surface area contributed by atoms with Gasteiger partial charge in [-0.15, -0.1) is 0 Å². The number of anilines is 1. The highest BCUT2D eigenvalue weighted by molar-refractivity contribution is 5.91. The third-order valence-corrected chi connectivity index (χ3v) is 3.79. The van der Waals surface area contributed by atoms with Crippen molar-refractivity contribution in [2.45, 2.75) is 59.5 Å². The van der Waals surface area contributed by atoms with Gasteiger partial charge in [0.15, 0.2) is 0 Å². The molecule has 0 radical (unpaired) electrons. The van der Waals surface area contributed by atoms with Crippen LogP contribution in [0.5, 0.6) is 5.75 Å². The normalized spacial score (nSPS) is 13.4. The summed E-state index contributed by atoms with van der Waals surface area (Å²) in [5.41, 5.74) is 0.723. The van der Waals surface area contributed by atoms with Crippen LogP contribution in [0, 0.1) is 0 Å². The molecule has 21 heavy (non-hydrogen) atoms. The van der Waals surface area contributed by atoms with Crippen LogP contribution in [0.4, 0.5) is 10.5 Å². The molecule has 0 aliphatic heterocycles. The molecule has 0 fully saturated rings. The maximum atomic E-state index is 12.6. The molecule has 0 aliphatic carbocycles. The van der Waals surface area contributed by atoms with Crippen molar-refractivity contribution in [1.82, 2.24) is 4.90 Å². The molecule has 0 heterocycles. The summed E-state index contributed by atoms with van der Waals surface area (Å²) in [4.78, 5) is 14.5. The first kappa shape index (κ1) is 17.3. The smallest absolute Gasteiger partial charge is 0.322 e. The van der Waals surface area contributed by atoms with Crippen LogP contribution in [0.15, 0.2) is 24.3 Å². The highest BCUT2D eigenvalue weighted by atomic mass is 16.5. The van der Waals surface area contributed by atoms with Crippen molar-refractivity contribution in [3.8, 4) is 5.75 Å². The van der Waals surface area contributed by atoms with E-state index in [0.29, 0.717) is 12.4 Å². The minimum Gasteiger partial charge on any atom is -0.492 e. The third kappa shape index (κ3) is 4.66. The number of benzene rings is 1. The second kappa shape index (κ2) is 8.55. The van der Waals surface area contributed by atoms with Crippen molar-refractivity contribution in [3.05, 3.63) is 24.3 Å². The quantitative estimate of drug-likeness (QED) is 0.803. The Kier molecular flexibility index (Phi) is 7.06. The number of hydrogen-bond donors (Lipinski definition) is 1. The van der Waals surface area contributed by atoms with Crippen molar-refractivity contribution >= 4 is 11.7 Å². The lowest BCUT2D eigenvalue weighted by Gasteiger charge is -2.34. The SMILES string of the molecule is CCOc1ccccc1NC(=O)N([C@H](C)CC)[C@@H](C)CC. The van der Waals surface area contributed by atoms with Crippen molar-refractivity contribution in [2.75, 3.05) is 11.9 Å². The molecule has 0 aliphatic rings. The molecule has 1 N–H and O–H groups in total. The van der Waals surface area contributed by atoms with Crippen molar-refractivity contribution in [2.24, 2.45) is 0 Å². The largest absolute Gasteiger partial charge is 0.492 e. The van der Waals surface area contributed by atoms with Gasteiger partial charge in [0.05, 0.1) is 12.3 Å². The van der Waals surface area contributed by atoms with Crippen LogP contribution >= 0.6 is 0 Å². The van der Waals surface area contributed by atoms with Gasteiger partial charge in [0, 0.05) is 12.1 Å². The topological polar surface area (TPSA) is 41.6 Å². The summed E-state index contributed by atoms with van der Waals surface area (Å²) in [6.07, 6.45) is 1.87. The lowest BCUT2D eigenvalue weighted by molar-refractivity contribution is 0.162. The van der Waals surface area contributed by atoms with Crippen molar-refractivity contribution in [3.63, 3.8) is 0 Å². The molecule has 4 nitrogen and oxygen atoms in total. The first-order chi connectivity index (χ1) is 10.0. The van der Waals surface area contributed by atoms with Crippen molar-refractivity contribution in [1.29, 1.82) is 0 Å². The van der Waals surface area contributed by atoms with E-state index in [1.54, 1.807) is 0 Å². The second-order valence-corrected chi connectivity index (χ2v) is 5.28. The molecule has 1 aromatic rings. The number of amides is 2. The summed E-state index contributed by atoms with van der Waals surface area (Å²) >= 11 is 0. The fourth-order valence-corrected chi connectivity index (χ4v) is 2.26. The molecule has 0 saturated carbocycles. The van der Waals surface area contributed by atoms with E-state index in [1.807, 2.05) is 36.1 Å². The average Bonchev–Trinajstić information content (AvgIpc) is 2.49. The number of carbonyl (C=O) groups is 1. The standard InChI is InChI=1S/C17H28N2O2/c1-6-13(4)19(14(5)7-2)17(20)18-15-11-9-10-12-16(15)21-8-3/h9-14H,6-8H2,1-5H3,(H,18,20)/t13-,14+. The number of nitrogens with one attached hydrogen (secondary N) is 1. The zero-order chi connectivity index (χ0) is 15.8. The van der Waals surface area contributed by atoms with Gasteiger partial charge >= 0.3 is 6.03 Å². The van der Waals surface area contributed by atoms with E-state index in [4.69, 9.17) is 4.74 Å². The Hall–Kier alpha value is -1.71. The monoisotopic (exact) mass is 292 g/mol. The highest BCUT2D eigenvalue weighted by Crippen LogP contribution is 2.25. The van der Waals surface area contributed by atoms with Crippen molar-refractivity contribution < 1.29 is 9.53 Å². The van der Waals surface area contributed by atoms with Crippen LogP contribution in [0.2, 0.25) is 0 Å². The Bertz CT molecular complexity index is 438. The molecule has 4 heteroatoms. The molecule has 1 rings (SSSR count). The minimum absolute atomic E-state index is 0.0640. The van der Waals surface area contributed by atoms with Crippen LogP contribution in [0.1, 0.15) is 47.5 Å². The molecule has 0 aromatic heterocycles. The molecular formula is C17H28N2O2. The summed E-state index contributed by atoms with van der Waals surface area (Å²) < 4.78 is 5.56. The van der Waals surface area contributed by atoms with Crippen LogP contribution in [0.3, 0.4) is 0 Å². The third-order valence-electron chi connectivity index (χ3n) is 3.79. The van der Waals surface area contributed by atoms with Gasteiger partial charge in [-0.3, -0.25) is 0 Å². The lowest BCUT2D eigenvalue weighted by Crippen LogP contribution is -2.46. The Balaban J connectivity index is 2.91. The molecule has 0 spiro atoms. The number of rotatable bonds is 7. The fourth-order valence-electron chi connectivity index (χ4n) is 2.26. The van der Waals surface area contributed by atoms with E-state index in [1.165, 1.54) is 0 Å². The summed E-state index contributed by atoms with van der Waals surface area (Å²) in [5.74, 6) is 0.710. The maximum Gasteiger partial charge on any atom is 0.322 e. The van der Waals surface area contributed by atoms with E-state index in [0.717, 1.165) is 18.5 Å². The number of ether oxygens (including phenoxy) is 1. The zero-order valence-electron chi connectivity index (χ0n) is 13.8. The van der Waals surface area contributed by atoms with Gasteiger partial charge in [-0.05, 0) is 45.7 Å². The lowest BCUT2D eigenvalue weighted by atomic mass is 10.1. The predicted molar refractivity (Wildman–Crippen MR) is 88.0 cm³/mol. The maximum absolute atomic E-state index is 12.6. The van der Waals surface area contributed by atoms with Gasteiger partial charge in [-0.2, -0.15) is 0 Å². The van der Waals surface area contributed by atoms with Crippen LogP contribution in [-0.2, 0) is 0 Å². The number of urea groups is 1. The number of carbonyl (C=O) groups excluding carboxylic acids is 1. The first-order valence-corrected chi connectivity index (χ1v) is 7.86. The summed E-state index contributed by atoms with van der Waals surface area (Å²) in [6, 6.07) is 7.89. The van der Waals surface area contributed by atoms with E-state index < -0.39 is 0 Å². The molecule has 118 valence electrons. The van der Waals surface area contributed by atoms with Gasteiger partial charge in [0.2, 0.25) is 0 Å². The minimum atomic E-state index is -0.0640. The van der Waals surface area contributed by atoms with E-state index in [-0.39, 0.29) is 18.1 Å². The molecule has 2 amide bonds. The Morgan fingerprint density at radius 2 is 1.71 bits per heavy atom. The van der Waals surface area contributed by atoms with Crippen LogP contribution in [-0.4, -0.2) is 29.6 Å². The predicted octanol–water partition coefficient (Wildman–Crippen LogP) is 4.52. The summed E-state index contributed by atoms with van der Waals surface area (Å²) in [7, 11) is 0. The molecule has 2 atom stereocenters. The van der Waals surface area contributed by atoms with E-state index in [2.05, 4.69) is 33.0 Å². The van der Waals surface area contributed by atoms with Gasteiger partial charge in [-0.1, -0.05) is 26.0 Å². The van der Waals surface area contributed by atoms with Crippen LogP contribution < -0.4 is 10.1 Å². The molecule has 0 bridgehead atoms. The Morgan fingerprint density at radius 3 is 2.24 bits per heavy atom. The van der Waals surface area contributed by atoms with E-state index >= 15 is 0 Å². The summed E-state index contributed by atoms with van der Waals surface area (Å²) in [5, 5.41) is 2.99. The van der Waals surface area contributed by atoms with Gasteiger partial charge < -0.3 is 15.0 Å². The number of hydrogen-bond acceptors (Lipinski definition) is 2. The zero-order valence-corrected chi connectivity index (χ0v) is 13.8. The molecule has 1 aromatic carbocycles. The first-order valence-electron chi connectivity index (χ1n) is 7.86. The summed E-state index contributed by atoms with van der Waals surface area (Å²) in [6.45, 7) is 10.9. The molecular weight excluding hydrogens is 264 g/mol. The molecule has 0 unspecified atom stereocenters. The average molecular weight is 292 g/mol. The van der Waals surface area contributed by atoms with Gasteiger partial charge in [0.1, 0.15) is 5.75 Å². The molecule has 0 saturated heterocycles. The van der Waals surface area contributed by atoms with Crippen LogP contribution in [0.25, 0.3) is 0 Å². The Labute approximate surface area is 128 Å². The van der Waals surface area contributed by atoms with Gasteiger partial charge in [0.25, 0.3) is 0 Å². The highest BCUT2D eigenvalue weighted by Gasteiger charge is 2.24. The number of para-hydroxylation sites is 2.